The Morgan fingerprint density at radius 1 is 1.28 bits per heavy atom. The minimum Gasteiger partial charge on any atom is -0.395 e. The molecular formula is C20H28Cl2N6O. The predicted octanol–water partition coefficient (Wildman–Crippen LogP) is 3.05. The Morgan fingerprint density at radius 3 is 2.83 bits per heavy atom. The van der Waals surface area contributed by atoms with Crippen molar-refractivity contribution >= 4 is 42.3 Å². The number of nitrogens with zero attached hydrogens (tertiary/aromatic N) is 4. The number of anilines is 3. The van der Waals surface area contributed by atoms with Crippen molar-refractivity contribution < 1.29 is 5.11 Å². The van der Waals surface area contributed by atoms with Gasteiger partial charge in [-0.25, -0.2) is 4.98 Å². The molecule has 0 radical (unpaired) electrons. The molecule has 1 aliphatic rings. The van der Waals surface area contributed by atoms with Gasteiger partial charge in [0.15, 0.2) is 0 Å². The van der Waals surface area contributed by atoms with Crippen LogP contribution in [-0.2, 0) is 6.42 Å². The minimum absolute atomic E-state index is 0. The van der Waals surface area contributed by atoms with E-state index in [1.165, 1.54) is 0 Å². The zero-order chi connectivity index (χ0) is 19.1. The van der Waals surface area contributed by atoms with Crippen molar-refractivity contribution in [2.24, 2.45) is 0 Å². The molecule has 1 saturated heterocycles. The second-order valence-corrected chi connectivity index (χ2v) is 6.72. The van der Waals surface area contributed by atoms with E-state index < -0.39 is 0 Å². The van der Waals surface area contributed by atoms with Crippen LogP contribution < -0.4 is 15.5 Å². The van der Waals surface area contributed by atoms with Crippen LogP contribution >= 0.6 is 24.8 Å². The fraction of sp³-hybridized carbons (Fsp3) is 0.450. The van der Waals surface area contributed by atoms with E-state index in [4.69, 9.17) is 15.4 Å². The molecule has 2 aromatic rings. The molecule has 0 aliphatic carbocycles. The molecule has 2 heterocycles. The number of aryl methyl sites for hydroxylation is 1. The Kier molecular flexibility index (Phi) is 10.7. The lowest BCUT2D eigenvalue weighted by atomic mass is 10.2. The number of aromatic nitrogens is 2. The molecule has 0 amide bonds. The van der Waals surface area contributed by atoms with Gasteiger partial charge in [-0.3, -0.25) is 0 Å². The van der Waals surface area contributed by atoms with Crippen LogP contribution in [0.4, 0.5) is 17.5 Å². The number of nitriles is 1. The summed E-state index contributed by atoms with van der Waals surface area (Å²) < 4.78 is 0. The van der Waals surface area contributed by atoms with Crippen molar-refractivity contribution in [2.75, 3.05) is 36.5 Å². The molecule has 0 unspecified atom stereocenters. The van der Waals surface area contributed by atoms with E-state index in [-0.39, 0.29) is 31.4 Å². The van der Waals surface area contributed by atoms with Gasteiger partial charge in [0.25, 0.3) is 0 Å². The minimum atomic E-state index is 0. The van der Waals surface area contributed by atoms with E-state index in [1.807, 2.05) is 12.1 Å². The molecule has 1 atom stereocenters. The van der Waals surface area contributed by atoms with Crippen LogP contribution in [0.25, 0.3) is 0 Å². The van der Waals surface area contributed by atoms with Gasteiger partial charge in [-0.15, -0.1) is 24.8 Å². The van der Waals surface area contributed by atoms with Crippen LogP contribution in [0, 0.1) is 11.3 Å². The van der Waals surface area contributed by atoms with Gasteiger partial charge in [0.05, 0.1) is 18.2 Å². The van der Waals surface area contributed by atoms with Gasteiger partial charge < -0.3 is 20.6 Å². The van der Waals surface area contributed by atoms with Crippen molar-refractivity contribution in [3.05, 3.63) is 41.6 Å². The smallest absolute Gasteiger partial charge is 0.229 e. The van der Waals surface area contributed by atoms with Gasteiger partial charge in [0.1, 0.15) is 5.82 Å². The lowest BCUT2D eigenvalue weighted by Gasteiger charge is -2.19. The maximum atomic E-state index is 9.08. The average molecular weight is 439 g/mol. The van der Waals surface area contributed by atoms with E-state index in [2.05, 4.69) is 39.6 Å². The van der Waals surface area contributed by atoms with Gasteiger partial charge >= 0.3 is 0 Å². The SMILES string of the molecule is CCCc1cc(N2CC[C@H](NCCO)C2)nc(Nc2cccc(C#N)c2)n1.Cl.Cl. The van der Waals surface area contributed by atoms with E-state index in [1.54, 1.807) is 12.1 Å². The molecule has 29 heavy (non-hydrogen) atoms. The Hall–Kier alpha value is -2.11. The summed E-state index contributed by atoms with van der Waals surface area (Å²) in [5.41, 5.74) is 2.41. The van der Waals surface area contributed by atoms with Crippen LogP contribution in [0.3, 0.4) is 0 Å². The topological polar surface area (TPSA) is 97.1 Å². The summed E-state index contributed by atoms with van der Waals surface area (Å²) in [6.07, 6.45) is 2.93. The van der Waals surface area contributed by atoms with Gasteiger partial charge in [-0.1, -0.05) is 19.4 Å². The highest BCUT2D eigenvalue weighted by molar-refractivity contribution is 5.85. The molecule has 7 nitrogen and oxygen atoms in total. The number of hydrogen-bond acceptors (Lipinski definition) is 7. The Balaban J connectivity index is 0.00000210. The maximum Gasteiger partial charge on any atom is 0.229 e. The first-order valence-electron chi connectivity index (χ1n) is 9.46. The van der Waals surface area contributed by atoms with Crippen molar-refractivity contribution in [2.45, 2.75) is 32.2 Å². The predicted molar refractivity (Wildman–Crippen MR) is 121 cm³/mol. The summed E-state index contributed by atoms with van der Waals surface area (Å²) in [5, 5.41) is 24.7. The third-order valence-electron chi connectivity index (χ3n) is 4.58. The first-order valence-corrected chi connectivity index (χ1v) is 9.46. The van der Waals surface area contributed by atoms with E-state index in [0.29, 0.717) is 24.1 Å². The highest BCUT2D eigenvalue weighted by atomic mass is 35.5. The molecule has 1 aromatic carbocycles. The quantitative estimate of drug-likeness (QED) is 0.582. The highest BCUT2D eigenvalue weighted by Gasteiger charge is 2.23. The summed E-state index contributed by atoms with van der Waals surface area (Å²) in [5.74, 6) is 1.47. The molecule has 3 N–H and O–H groups in total. The molecule has 3 rings (SSSR count). The van der Waals surface area contributed by atoms with Gasteiger partial charge in [0, 0.05) is 43.1 Å². The second kappa shape index (κ2) is 12.5. The van der Waals surface area contributed by atoms with Crippen molar-refractivity contribution in [1.29, 1.82) is 5.26 Å². The number of nitrogens with one attached hydrogen (secondary N) is 2. The summed E-state index contributed by atoms with van der Waals surface area (Å²) in [6.45, 7) is 4.70. The molecular weight excluding hydrogens is 411 g/mol. The molecule has 0 bridgehead atoms. The van der Waals surface area contributed by atoms with E-state index in [9.17, 15) is 0 Å². The first kappa shape index (κ1) is 24.9. The normalized spacial score (nSPS) is 15.2. The lowest BCUT2D eigenvalue weighted by Crippen LogP contribution is -2.34. The molecule has 0 spiro atoms. The Morgan fingerprint density at radius 2 is 2.10 bits per heavy atom. The van der Waals surface area contributed by atoms with Gasteiger partial charge in [-0.05, 0) is 31.0 Å². The monoisotopic (exact) mass is 438 g/mol. The van der Waals surface area contributed by atoms with Gasteiger partial charge in [-0.2, -0.15) is 10.2 Å². The number of rotatable bonds is 8. The standard InChI is InChI=1S/C20H26N6O.2ClH/c1-2-4-16-12-19(26-9-7-18(14-26)22-8-10-27)25-20(23-16)24-17-6-3-5-15(11-17)13-21;;/h3,5-6,11-12,18,22,27H,2,4,7-10,14H2,1H3,(H,23,24,25);2*1H/t18-;;/m0../s1. The van der Waals surface area contributed by atoms with Crippen LogP contribution in [0.2, 0.25) is 0 Å². The zero-order valence-electron chi connectivity index (χ0n) is 16.5. The fourth-order valence-corrected chi connectivity index (χ4v) is 3.28. The lowest BCUT2D eigenvalue weighted by molar-refractivity contribution is 0.286. The first-order chi connectivity index (χ1) is 13.2. The number of benzene rings is 1. The molecule has 158 valence electrons. The van der Waals surface area contributed by atoms with Crippen LogP contribution in [0.15, 0.2) is 30.3 Å². The molecule has 9 heteroatoms. The van der Waals surface area contributed by atoms with E-state index in [0.717, 1.165) is 49.6 Å². The number of halogens is 2. The van der Waals surface area contributed by atoms with Crippen molar-refractivity contribution in [1.82, 2.24) is 15.3 Å². The average Bonchev–Trinajstić information content (AvgIpc) is 3.15. The number of hydrogen-bond donors (Lipinski definition) is 3. The van der Waals surface area contributed by atoms with Crippen molar-refractivity contribution in [3.63, 3.8) is 0 Å². The van der Waals surface area contributed by atoms with Crippen LogP contribution in [-0.4, -0.2) is 47.4 Å². The Labute approximate surface area is 184 Å². The fourth-order valence-electron chi connectivity index (χ4n) is 3.28. The van der Waals surface area contributed by atoms with E-state index >= 15 is 0 Å². The Bertz CT molecular complexity index is 814. The summed E-state index contributed by atoms with van der Waals surface area (Å²) in [7, 11) is 0. The maximum absolute atomic E-state index is 9.08. The largest absolute Gasteiger partial charge is 0.395 e. The van der Waals surface area contributed by atoms with Gasteiger partial charge in [0.2, 0.25) is 5.95 Å². The molecule has 1 aliphatic heterocycles. The summed E-state index contributed by atoms with van der Waals surface area (Å²) in [4.78, 5) is 11.6. The zero-order valence-corrected chi connectivity index (χ0v) is 18.1. The molecule has 1 aromatic heterocycles. The highest BCUT2D eigenvalue weighted by Crippen LogP contribution is 2.23. The third kappa shape index (κ3) is 7.02. The summed E-state index contributed by atoms with van der Waals surface area (Å²) in [6, 6.07) is 11.9. The second-order valence-electron chi connectivity index (χ2n) is 6.72. The third-order valence-corrected chi connectivity index (χ3v) is 4.58. The molecule has 0 saturated carbocycles. The summed E-state index contributed by atoms with van der Waals surface area (Å²) >= 11 is 0. The number of aliphatic hydroxyl groups is 1. The molecule has 1 fully saturated rings. The van der Waals surface area contributed by atoms with Crippen LogP contribution in [0.1, 0.15) is 31.0 Å². The van der Waals surface area contributed by atoms with Crippen LogP contribution in [0.5, 0.6) is 0 Å². The van der Waals surface area contributed by atoms with Crippen molar-refractivity contribution in [3.8, 4) is 6.07 Å². The number of aliphatic hydroxyl groups excluding tert-OH is 1.